The molecule has 4 nitrogen and oxygen atoms in total. The monoisotopic (exact) mass is 335 g/mol. The Morgan fingerprint density at radius 3 is 2.40 bits per heavy atom. The topological polar surface area (TPSA) is 47.6 Å². The number of benzene rings is 3. The van der Waals surface area contributed by atoms with Gasteiger partial charge < -0.3 is 14.8 Å². The van der Waals surface area contributed by atoms with Crippen LogP contribution in [0.4, 0.5) is 0 Å². The van der Waals surface area contributed by atoms with Crippen molar-refractivity contribution in [3.63, 3.8) is 0 Å². The summed E-state index contributed by atoms with van der Waals surface area (Å²) >= 11 is 0. The van der Waals surface area contributed by atoms with E-state index < -0.39 is 0 Å². The molecule has 1 amide bonds. The van der Waals surface area contributed by atoms with E-state index in [2.05, 4.69) is 5.32 Å². The first-order chi connectivity index (χ1) is 12.2. The molecule has 0 saturated carbocycles. The first-order valence-corrected chi connectivity index (χ1v) is 8.26. The molecule has 0 heterocycles. The van der Waals surface area contributed by atoms with Crippen LogP contribution in [0.1, 0.15) is 5.56 Å². The minimum atomic E-state index is -0.123. The number of rotatable bonds is 7. The Bertz CT molecular complexity index is 843. The highest BCUT2D eigenvalue weighted by atomic mass is 16.5. The predicted octanol–water partition coefficient (Wildman–Crippen LogP) is 3.59. The fraction of sp³-hybridized carbons (Fsp3) is 0.190. The second-order valence-corrected chi connectivity index (χ2v) is 5.75. The van der Waals surface area contributed by atoms with Gasteiger partial charge in [0, 0.05) is 6.54 Å². The van der Waals surface area contributed by atoms with E-state index in [9.17, 15) is 4.79 Å². The number of amides is 1. The summed E-state index contributed by atoms with van der Waals surface area (Å²) in [5, 5.41) is 5.12. The van der Waals surface area contributed by atoms with Crippen molar-refractivity contribution in [2.24, 2.45) is 0 Å². The molecule has 3 aromatic rings. The molecule has 3 rings (SSSR count). The van der Waals surface area contributed by atoms with Crippen molar-refractivity contribution in [1.82, 2.24) is 5.32 Å². The molecule has 0 aliphatic rings. The lowest BCUT2D eigenvalue weighted by atomic mass is 10.1. The Morgan fingerprint density at radius 2 is 1.64 bits per heavy atom. The van der Waals surface area contributed by atoms with Gasteiger partial charge in [0.25, 0.3) is 5.91 Å². The number of ether oxygens (including phenoxy) is 2. The van der Waals surface area contributed by atoms with Crippen molar-refractivity contribution in [1.29, 1.82) is 0 Å². The minimum absolute atomic E-state index is 0.0148. The van der Waals surface area contributed by atoms with Crippen molar-refractivity contribution in [2.45, 2.75) is 6.42 Å². The first kappa shape index (κ1) is 16.8. The summed E-state index contributed by atoms with van der Waals surface area (Å²) in [4.78, 5) is 11.9. The van der Waals surface area contributed by atoms with E-state index in [4.69, 9.17) is 9.47 Å². The SMILES string of the molecule is COc1ccc(CCNC(=O)COc2ccc3ccccc3c2)cc1. The van der Waals surface area contributed by atoms with Crippen molar-refractivity contribution in [2.75, 3.05) is 20.3 Å². The zero-order valence-corrected chi connectivity index (χ0v) is 14.2. The quantitative estimate of drug-likeness (QED) is 0.718. The molecule has 0 aliphatic carbocycles. The van der Waals surface area contributed by atoms with Crippen LogP contribution in [0.2, 0.25) is 0 Å². The summed E-state index contributed by atoms with van der Waals surface area (Å²) < 4.78 is 10.7. The number of fused-ring (bicyclic) bond motifs is 1. The molecule has 0 fully saturated rings. The molecule has 0 unspecified atom stereocenters. The van der Waals surface area contributed by atoms with E-state index in [-0.39, 0.29) is 12.5 Å². The molecule has 0 atom stereocenters. The predicted molar refractivity (Wildman–Crippen MR) is 99.2 cm³/mol. The summed E-state index contributed by atoms with van der Waals surface area (Å²) in [6.07, 6.45) is 0.770. The Kier molecular flexibility index (Phi) is 5.52. The highest BCUT2D eigenvalue weighted by Gasteiger charge is 2.03. The van der Waals surface area contributed by atoms with Crippen molar-refractivity contribution in [3.8, 4) is 11.5 Å². The van der Waals surface area contributed by atoms with Crippen molar-refractivity contribution < 1.29 is 14.3 Å². The van der Waals surface area contributed by atoms with Crippen LogP contribution < -0.4 is 14.8 Å². The van der Waals surface area contributed by atoms with Crippen molar-refractivity contribution in [3.05, 3.63) is 72.3 Å². The number of nitrogens with one attached hydrogen (secondary N) is 1. The van der Waals surface area contributed by atoms with E-state index in [0.717, 1.165) is 28.5 Å². The third-order valence-corrected chi connectivity index (χ3v) is 3.99. The van der Waals surface area contributed by atoms with Crippen LogP contribution >= 0.6 is 0 Å². The van der Waals surface area contributed by atoms with Crippen molar-refractivity contribution >= 4 is 16.7 Å². The molecular formula is C21H21NO3. The van der Waals surface area contributed by atoms with Crippen LogP contribution in [0, 0.1) is 0 Å². The van der Waals surface area contributed by atoms with Crippen LogP contribution in [0.25, 0.3) is 10.8 Å². The van der Waals surface area contributed by atoms with E-state index in [1.165, 1.54) is 0 Å². The highest BCUT2D eigenvalue weighted by Crippen LogP contribution is 2.20. The smallest absolute Gasteiger partial charge is 0.257 e. The van der Waals surface area contributed by atoms with E-state index in [1.807, 2.05) is 66.7 Å². The van der Waals surface area contributed by atoms with Gasteiger partial charge in [0.15, 0.2) is 6.61 Å². The molecule has 4 heteroatoms. The molecule has 0 bridgehead atoms. The number of hydrogen-bond acceptors (Lipinski definition) is 3. The Balaban J connectivity index is 1.43. The van der Waals surface area contributed by atoms with Gasteiger partial charge in [-0.3, -0.25) is 4.79 Å². The fourth-order valence-corrected chi connectivity index (χ4v) is 2.60. The lowest BCUT2D eigenvalue weighted by molar-refractivity contribution is -0.123. The second kappa shape index (κ2) is 8.20. The molecule has 1 N–H and O–H groups in total. The molecule has 3 aromatic carbocycles. The van der Waals surface area contributed by atoms with Gasteiger partial charge in [-0.2, -0.15) is 0 Å². The molecular weight excluding hydrogens is 314 g/mol. The molecule has 0 spiro atoms. The normalized spacial score (nSPS) is 10.4. The maximum atomic E-state index is 11.9. The fourth-order valence-electron chi connectivity index (χ4n) is 2.60. The maximum Gasteiger partial charge on any atom is 0.257 e. The highest BCUT2D eigenvalue weighted by molar-refractivity contribution is 5.84. The van der Waals surface area contributed by atoms with Gasteiger partial charge in [-0.05, 0) is 47.0 Å². The van der Waals surface area contributed by atoms with Crippen LogP contribution in [-0.4, -0.2) is 26.2 Å². The minimum Gasteiger partial charge on any atom is -0.497 e. The van der Waals surface area contributed by atoms with Crippen LogP contribution in [0.3, 0.4) is 0 Å². The Morgan fingerprint density at radius 1 is 0.920 bits per heavy atom. The number of methoxy groups -OCH3 is 1. The molecule has 0 aromatic heterocycles. The largest absolute Gasteiger partial charge is 0.497 e. The second-order valence-electron chi connectivity index (χ2n) is 5.75. The summed E-state index contributed by atoms with van der Waals surface area (Å²) in [7, 11) is 1.64. The zero-order chi connectivity index (χ0) is 17.5. The van der Waals surface area contributed by atoms with Gasteiger partial charge in [0.05, 0.1) is 7.11 Å². The lowest BCUT2D eigenvalue weighted by Gasteiger charge is -2.09. The number of carbonyl (C=O) groups is 1. The van der Waals surface area contributed by atoms with Crippen LogP contribution in [-0.2, 0) is 11.2 Å². The molecule has 0 aliphatic heterocycles. The molecule has 25 heavy (non-hydrogen) atoms. The lowest BCUT2D eigenvalue weighted by Crippen LogP contribution is -2.30. The van der Waals surface area contributed by atoms with Crippen LogP contribution in [0.15, 0.2) is 66.7 Å². The average Bonchev–Trinajstić information content (AvgIpc) is 2.67. The number of hydrogen-bond donors (Lipinski definition) is 1. The summed E-state index contributed by atoms with van der Waals surface area (Å²) in [5.74, 6) is 1.40. The Hall–Kier alpha value is -3.01. The molecule has 0 radical (unpaired) electrons. The van der Waals surface area contributed by atoms with Gasteiger partial charge in [0.1, 0.15) is 11.5 Å². The first-order valence-electron chi connectivity index (χ1n) is 8.26. The van der Waals surface area contributed by atoms with Gasteiger partial charge in [-0.15, -0.1) is 0 Å². The van der Waals surface area contributed by atoms with Gasteiger partial charge in [0.2, 0.25) is 0 Å². The van der Waals surface area contributed by atoms with E-state index in [1.54, 1.807) is 7.11 Å². The molecule has 128 valence electrons. The summed E-state index contributed by atoms with van der Waals surface area (Å²) in [5.41, 5.74) is 1.15. The Labute approximate surface area is 147 Å². The standard InChI is InChI=1S/C21H21NO3/c1-24-19-9-6-16(7-10-19)12-13-22-21(23)15-25-20-11-8-17-4-2-3-5-18(17)14-20/h2-11,14H,12-13,15H2,1H3,(H,22,23). The average molecular weight is 335 g/mol. The van der Waals surface area contributed by atoms with E-state index in [0.29, 0.717) is 12.3 Å². The third kappa shape index (κ3) is 4.73. The van der Waals surface area contributed by atoms with Crippen LogP contribution in [0.5, 0.6) is 11.5 Å². The van der Waals surface area contributed by atoms with Gasteiger partial charge >= 0.3 is 0 Å². The summed E-state index contributed by atoms with van der Waals surface area (Å²) in [6, 6.07) is 21.7. The third-order valence-electron chi connectivity index (χ3n) is 3.99. The maximum absolute atomic E-state index is 11.9. The molecule has 0 saturated heterocycles. The van der Waals surface area contributed by atoms with E-state index >= 15 is 0 Å². The van der Waals surface area contributed by atoms with Gasteiger partial charge in [-0.25, -0.2) is 0 Å². The van der Waals surface area contributed by atoms with Gasteiger partial charge in [-0.1, -0.05) is 42.5 Å². The number of carbonyl (C=O) groups excluding carboxylic acids is 1. The zero-order valence-electron chi connectivity index (χ0n) is 14.2. The summed E-state index contributed by atoms with van der Waals surface area (Å²) in [6.45, 7) is 0.590.